The summed E-state index contributed by atoms with van der Waals surface area (Å²) in [4.78, 5) is 4.26. The van der Waals surface area contributed by atoms with Crippen LogP contribution < -0.4 is 0 Å². The molecule has 0 radical (unpaired) electrons. The Labute approximate surface area is 97.1 Å². The monoisotopic (exact) mass is 272 g/mol. The number of aromatic nitrogens is 1. The molecule has 0 bridgehead atoms. The Morgan fingerprint density at radius 1 is 1.71 bits per heavy atom. The third kappa shape index (κ3) is 2.55. The van der Waals surface area contributed by atoms with Crippen LogP contribution in [0.15, 0.2) is 9.98 Å². The van der Waals surface area contributed by atoms with E-state index >= 15 is 0 Å². The molecule has 0 aliphatic heterocycles. The number of nitriles is 1. The van der Waals surface area contributed by atoms with Gasteiger partial charge in [0.1, 0.15) is 10.4 Å². The highest BCUT2D eigenvalue weighted by Gasteiger charge is 2.28. The summed E-state index contributed by atoms with van der Waals surface area (Å²) in [6, 6.07) is 2.37. The van der Waals surface area contributed by atoms with Crippen LogP contribution in [0.5, 0.6) is 0 Å². The lowest BCUT2D eigenvalue weighted by atomic mass is 9.87. The molecule has 1 heterocycles. The first-order chi connectivity index (χ1) is 6.62. The maximum absolute atomic E-state index is 9.18. The zero-order chi connectivity index (χ0) is 10.6. The van der Waals surface area contributed by atoms with Crippen molar-refractivity contribution in [1.82, 2.24) is 4.98 Å². The molecule has 0 fully saturated rings. The van der Waals surface area contributed by atoms with E-state index in [-0.39, 0.29) is 0 Å². The Morgan fingerprint density at radius 2 is 2.43 bits per heavy atom. The first kappa shape index (κ1) is 11.7. The van der Waals surface area contributed by atoms with Gasteiger partial charge in [-0.3, -0.25) is 0 Å². The second kappa shape index (κ2) is 4.90. The summed E-state index contributed by atoms with van der Waals surface area (Å²) in [5, 5.41) is 10.1. The molecular formula is C10H13BrN2S. The predicted octanol–water partition coefficient (Wildman–Crippen LogP) is 3.88. The summed E-state index contributed by atoms with van der Waals surface area (Å²) >= 11 is 4.92. The summed E-state index contributed by atoms with van der Waals surface area (Å²) in [5.74, 6) is 0. The fourth-order valence-electron chi connectivity index (χ4n) is 1.25. The molecule has 14 heavy (non-hydrogen) atoms. The van der Waals surface area contributed by atoms with E-state index in [1.54, 1.807) is 17.5 Å². The molecule has 0 saturated carbocycles. The predicted molar refractivity (Wildman–Crippen MR) is 62.3 cm³/mol. The molecule has 1 aromatic rings. The topological polar surface area (TPSA) is 36.7 Å². The Balaban J connectivity index is 2.85. The van der Waals surface area contributed by atoms with E-state index < -0.39 is 5.41 Å². The summed E-state index contributed by atoms with van der Waals surface area (Å²) < 4.78 is 0.991. The smallest absolute Gasteiger partial charge is 0.114 e. The van der Waals surface area contributed by atoms with Gasteiger partial charge in [0, 0.05) is 0 Å². The van der Waals surface area contributed by atoms with Crippen molar-refractivity contribution in [3.8, 4) is 6.07 Å². The maximum atomic E-state index is 9.18. The van der Waals surface area contributed by atoms with Gasteiger partial charge in [-0.05, 0) is 29.3 Å². The van der Waals surface area contributed by atoms with Gasteiger partial charge >= 0.3 is 0 Å². The molecule has 1 atom stereocenters. The Bertz CT molecular complexity index is 342. The van der Waals surface area contributed by atoms with Crippen molar-refractivity contribution in [2.75, 3.05) is 0 Å². The number of thiazole rings is 1. The van der Waals surface area contributed by atoms with Gasteiger partial charge in [0.05, 0.1) is 16.1 Å². The Hall–Kier alpha value is -0.400. The molecule has 0 aliphatic rings. The lowest BCUT2D eigenvalue weighted by Crippen LogP contribution is -2.18. The zero-order valence-corrected chi connectivity index (χ0v) is 10.8. The SMILES string of the molecule is CCCCC(C)(C#N)c1ncc(Br)s1. The van der Waals surface area contributed by atoms with Crippen LogP contribution in [-0.4, -0.2) is 4.98 Å². The van der Waals surface area contributed by atoms with Crippen LogP contribution in [0.1, 0.15) is 38.1 Å². The van der Waals surface area contributed by atoms with Crippen molar-refractivity contribution in [2.45, 2.75) is 38.5 Å². The van der Waals surface area contributed by atoms with Crippen LogP contribution in [0.4, 0.5) is 0 Å². The van der Waals surface area contributed by atoms with E-state index in [0.717, 1.165) is 28.1 Å². The van der Waals surface area contributed by atoms with Crippen molar-refractivity contribution < 1.29 is 0 Å². The summed E-state index contributed by atoms with van der Waals surface area (Å²) in [7, 11) is 0. The van der Waals surface area contributed by atoms with Crippen molar-refractivity contribution >= 4 is 27.3 Å². The highest BCUT2D eigenvalue weighted by Crippen LogP contribution is 2.33. The maximum Gasteiger partial charge on any atom is 0.114 e. The molecule has 0 amide bonds. The van der Waals surface area contributed by atoms with E-state index in [1.807, 2.05) is 6.92 Å². The van der Waals surface area contributed by atoms with E-state index in [1.165, 1.54) is 0 Å². The quantitative estimate of drug-likeness (QED) is 0.834. The fourth-order valence-corrected chi connectivity index (χ4v) is 2.58. The van der Waals surface area contributed by atoms with Crippen molar-refractivity contribution in [3.63, 3.8) is 0 Å². The van der Waals surface area contributed by atoms with Gasteiger partial charge in [-0.1, -0.05) is 19.8 Å². The number of rotatable bonds is 4. The second-order valence-corrected chi connectivity index (χ2v) is 5.93. The first-order valence-electron chi connectivity index (χ1n) is 4.65. The summed E-state index contributed by atoms with van der Waals surface area (Å²) in [6.07, 6.45) is 4.84. The third-order valence-corrected chi connectivity index (χ3v) is 3.97. The molecule has 1 rings (SSSR count). The Morgan fingerprint density at radius 3 is 2.86 bits per heavy atom. The lowest BCUT2D eigenvalue weighted by Gasteiger charge is -2.17. The standard InChI is InChI=1S/C10H13BrN2S/c1-3-4-5-10(2,7-12)9-13-6-8(11)14-9/h6H,3-5H2,1-2H3. The number of halogens is 1. The van der Waals surface area contributed by atoms with E-state index in [2.05, 4.69) is 33.9 Å². The highest BCUT2D eigenvalue weighted by atomic mass is 79.9. The van der Waals surface area contributed by atoms with Gasteiger partial charge in [-0.15, -0.1) is 11.3 Å². The second-order valence-electron chi connectivity index (χ2n) is 3.52. The van der Waals surface area contributed by atoms with E-state index in [0.29, 0.717) is 0 Å². The molecule has 2 nitrogen and oxygen atoms in total. The van der Waals surface area contributed by atoms with Crippen LogP contribution in [0.3, 0.4) is 0 Å². The number of hydrogen-bond acceptors (Lipinski definition) is 3. The largest absolute Gasteiger partial charge is 0.247 e. The molecule has 0 N–H and O–H groups in total. The third-order valence-electron chi connectivity index (χ3n) is 2.23. The van der Waals surface area contributed by atoms with Crippen LogP contribution in [-0.2, 0) is 5.41 Å². The van der Waals surface area contributed by atoms with E-state index in [9.17, 15) is 5.26 Å². The molecule has 0 aliphatic carbocycles. The van der Waals surface area contributed by atoms with Crippen LogP contribution >= 0.6 is 27.3 Å². The van der Waals surface area contributed by atoms with Gasteiger partial charge in [0.25, 0.3) is 0 Å². The van der Waals surface area contributed by atoms with Gasteiger partial charge in [-0.25, -0.2) is 4.98 Å². The minimum absolute atomic E-state index is 0.410. The molecule has 4 heteroatoms. The van der Waals surface area contributed by atoms with Crippen molar-refractivity contribution in [3.05, 3.63) is 15.0 Å². The van der Waals surface area contributed by atoms with Gasteiger partial charge in [-0.2, -0.15) is 5.26 Å². The van der Waals surface area contributed by atoms with Crippen LogP contribution in [0.25, 0.3) is 0 Å². The highest BCUT2D eigenvalue weighted by molar-refractivity contribution is 9.11. The molecule has 1 unspecified atom stereocenters. The van der Waals surface area contributed by atoms with Crippen molar-refractivity contribution in [2.24, 2.45) is 0 Å². The van der Waals surface area contributed by atoms with Gasteiger partial charge < -0.3 is 0 Å². The Kier molecular flexibility index (Phi) is 4.09. The minimum atomic E-state index is -0.410. The van der Waals surface area contributed by atoms with Crippen LogP contribution in [0.2, 0.25) is 0 Å². The van der Waals surface area contributed by atoms with Gasteiger partial charge in [0.2, 0.25) is 0 Å². The molecule has 0 saturated heterocycles. The summed E-state index contributed by atoms with van der Waals surface area (Å²) in [5.41, 5.74) is -0.410. The average molecular weight is 273 g/mol. The van der Waals surface area contributed by atoms with Crippen molar-refractivity contribution in [1.29, 1.82) is 5.26 Å². The number of nitrogens with zero attached hydrogens (tertiary/aromatic N) is 2. The number of hydrogen-bond donors (Lipinski definition) is 0. The first-order valence-corrected chi connectivity index (χ1v) is 6.26. The fraction of sp³-hybridized carbons (Fsp3) is 0.600. The normalized spacial score (nSPS) is 14.7. The molecule has 1 aromatic heterocycles. The number of unbranched alkanes of at least 4 members (excludes halogenated alkanes) is 1. The zero-order valence-electron chi connectivity index (χ0n) is 8.38. The van der Waals surface area contributed by atoms with Crippen LogP contribution in [0, 0.1) is 11.3 Å². The minimum Gasteiger partial charge on any atom is -0.247 e. The average Bonchev–Trinajstić information content (AvgIpc) is 2.62. The molecule has 0 spiro atoms. The molecular weight excluding hydrogens is 260 g/mol. The molecule has 76 valence electrons. The van der Waals surface area contributed by atoms with E-state index in [4.69, 9.17) is 0 Å². The van der Waals surface area contributed by atoms with Gasteiger partial charge in [0.15, 0.2) is 0 Å². The summed E-state index contributed by atoms with van der Waals surface area (Å²) in [6.45, 7) is 4.10. The lowest BCUT2D eigenvalue weighted by molar-refractivity contribution is 0.519. The molecule has 0 aromatic carbocycles.